The number of benzene rings is 2. The standard InChI is InChI=1S/C17H15F2N5/c1-11-2-4-12(5-3-11)9-20-16-10-21-24-17(23-16)22-15-7-6-13(18)8-14(15)19/h2-8,10H,9H2,1H3,(H2,20,22,23,24). The molecular weight excluding hydrogens is 312 g/mol. The third kappa shape index (κ3) is 4.01. The van der Waals surface area contributed by atoms with E-state index in [1.165, 1.54) is 17.8 Å². The fraction of sp³-hybridized carbons (Fsp3) is 0.118. The minimum Gasteiger partial charge on any atom is -0.365 e. The van der Waals surface area contributed by atoms with Crippen LogP contribution in [-0.4, -0.2) is 15.2 Å². The highest BCUT2D eigenvalue weighted by Crippen LogP contribution is 2.18. The minimum absolute atomic E-state index is 0.0777. The molecule has 5 nitrogen and oxygen atoms in total. The molecule has 0 saturated heterocycles. The van der Waals surface area contributed by atoms with Gasteiger partial charge in [-0.05, 0) is 24.6 Å². The Morgan fingerprint density at radius 2 is 1.83 bits per heavy atom. The van der Waals surface area contributed by atoms with Crippen LogP contribution in [0.3, 0.4) is 0 Å². The summed E-state index contributed by atoms with van der Waals surface area (Å²) in [6, 6.07) is 11.3. The first-order valence-corrected chi connectivity index (χ1v) is 7.31. The van der Waals surface area contributed by atoms with Crippen molar-refractivity contribution in [2.75, 3.05) is 10.6 Å². The second kappa shape index (κ2) is 6.99. The molecule has 0 aliphatic rings. The van der Waals surface area contributed by atoms with Gasteiger partial charge in [-0.2, -0.15) is 10.1 Å². The molecule has 3 rings (SSSR count). The summed E-state index contributed by atoms with van der Waals surface area (Å²) in [4.78, 5) is 4.21. The average molecular weight is 327 g/mol. The van der Waals surface area contributed by atoms with Crippen molar-refractivity contribution in [3.63, 3.8) is 0 Å². The van der Waals surface area contributed by atoms with E-state index in [-0.39, 0.29) is 11.6 Å². The summed E-state index contributed by atoms with van der Waals surface area (Å²) in [5.74, 6) is -0.757. The Bertz CT molecular complexity index is 837. The number of halogens is 2. The molecule has 0 bridgehead atoms. The highest BCUT2D eigenvalue weighted by atomic mass is 19.1. The van der Waals surface area contributed by atoms with Crippen LogP contribution in [-0.2, 0) is 6.54 Å². The molecule has 2 aromatic carbocycles. The lowest BCUT2D eigenvalue weighted by molar-refractivity contribution is 0.586. The first-order chi connectivity index (χ1) is 11.6. The smallest absolute Gasteiger partial charge is 0.249 e. The van der Waals surface area contributed by atoms with E-state index in [0.717, 1.165) is 17.7 Å². The lowest BCUT2D eigenvalue weighted by Gasteiger charge is -2.08. The number of hydrogen-bond donors (Lipinski definition) is 2. The van der Waals surface area contributed by atoms with Gasteiger partial charge in [0.05, 0.1) is 11.9 Å². The maximum atomic E-state index is 13.6. The number of aryl methyl sites for hydroxylation is 1. The third-order valence-electron chi connectivity index (χ3n) is 3.33. The Morgan fingerprint density at radius 3 is 2.58 bits per heavy atom. The number of aromatic nitrogens is 3. The van der Waals surface area contributed by atoms with Crippen LogP contribution in [0.5, 0.6) is 0 Å². The van der Waals surface area contributed by atoms with Gasteiger partial charge < -0.3 is 10.6 Å². The second-order valence-electron chi connectivity index (χ2n) is 5.25. The predicted molar refractivity (Wildman–Crippen MR) is 88.0 cm³/mol. The number of anilines is 3. The molecule has 0 radical (unpaired) electrons. The van der Waals surface area contributed by atoms with Gasteiger partial charge in [-0.25, -0.2) is 8.78 Å². The zero-order valence-corrected chi connectivity index (χ0v) is 12.9. The normalized spacial score (nSPS) is 10.5. The summed E-state index contributed by atoms with van der Waals surface area (Å²) in [6.45, 7) is 2.60. The van der Waals surface area contributed by atoms with Gasteiger partial charge in [0.25, 0.3) is 0 Å². The van der Waals surface area contributed by atoms with E-state index >= 15 is 0 Å². The Morgan fingerprint density at radius 1 is 1.04 bits per heavy atom. The molecule has 0 unspecified atom stereocenters. The topological polar surface area (TPSA) is 62.7 Å². The first kappa shape index (κ1) is 15.8. The van der Waals surface area contributed by atoms with Gasteiger partial charge in [0.15, 0.2) is 5.82 Å². The first-order valence-electron chi connectivity index (χ1n) is 7.31. The van der Waals surface area contributed by atoms with Crippen molar-refractivity contribution >= 4 is 17.5 Å². The number of nitrogens with zero attached hydrogens (tertiary/aromatic N) is 3. The van der Waals surface area contributed by atoms with Crippen molar-refractivity contribution in [3.8, 4) is 0 Å². The average Bonchev–Trinajstić information content (AvgIpc) is 2.57. The predicted octanol–water partition coefficient (Wildman–Crippen LogP) is 3.81. The molecule has 0 spiro atoms. The molecule has 2 N–H and O–H groups in total. The molecule has 0 atom stereocenters. The quantitative estimate of drug-likeness (QED) is 0.746. The van der Waals surface area contributed by atoms with Crippen LogP contribution in [0.15, 0.2) is 48.7 Å². The van der Waals surface area contributed by atoms with Crippen molar-refractivity contribution in [1.29, 1.82) is 0 Å². The zero-order chi connectivity index (χ0) is 16.9. The van der Waals surface area contributed by atoms with Gasteiger partial charge in [0.1, 0.15) is 11.6 Å². The summed E-state index contributed by atoms with van der Waals surface area (Å²) in [7, 11) is 0. The summed E-state index contributed by atoms with van der Waals surface area (Å²) in [5.41, 5.74) is 2.36. The van der Waals surface area contributed by atoms with Crippen molar-refractivity contribution in [3.05, 3.63) is 71.4 Å². The Kier molecular flexibility index (Phi) is 4.60. The number of rotatable bonds is 5. The van der Waals surface area contributed by atoms with Crippen molar-refractivity contribution in [1.82, 2.24) is 15.2 Å². The molecular formula is C17H15F2N5. The van der Waals surface area contributed by atoms with Gasteiger partial charge >= 0.3 is 0 Å². The second-order valence-corrected chi connectivity index (χ2v) is 5.25. The van der Waals surface area contributed by atoms with Crippen LogP contribution < -0.4 is 10.6 Å². The largest absolute Gasteiger partial charge is 0.365 e. The molecule has 0 aliphatic carbocycles. The van der Waals surface area contributed by atoms with E-state index in [0.29, 0.717) is 12.4 Å². The molecule has 0 saturated carbocycles. The molecule has 1 aromatic heterocycles. The van der Waals surface area contributed by atoms with E-state index < -0.39 is 11.6 Å². The van der Waals surface area contributed by atoms with Crippen molar-refractivity contribution in [2.24, 2.45) is 0 Å². The summed E-state index contributed by atoms with van der Waals surface area (Å²) >= 11 is 0. The highest BCUT2D eigenvalue weighted by Gasteiger charge is 2.07. The van der Waals surface area contributed by atoms with Crippen LogP contribution in [0.4, 0.5) is 26.2 Å². The maximum Gasteiger partial charge on any atom is 0.249 e. The van der Waals surface area contributed by atoms with E-state index in [9.17, 15) is 8.78 Å². The summed E-state index contributed by atoms with van der Waals surface area (Å²) < 4.78 is 26.6. The molecule has 1 heterocycles. The summed E-state index contributed by atoms with van der Waals surface area (Å²) in [5, 5.41) is 13.4. The van der Waals surface area contributed by atoms with Gasteiger partial charge in [-0.1, -0.05) is 29.8 Å². The Labute approximate surface area is 137 Å². The van der Waals surface area contributed by atoms with Crippen LogP contribution in [0.25, 0.3) is 0 Å². The molecule has 0 amide bonds. The van der Waals surface area contributed by atoms with Crippen LogP contribution in [0.2, 0.25) is 0 Å². The number of nitrogens with one attached hydrogen (secondary N) is 2. The Hall–Kier alpha value is -3.09. The number of hydrogen-bond acceptors (Lipinski definition) is 5. The van der Waals surface area contributed by atoms with E-state index in [1.54, 1.807) is 0 Å². The van der Waals surface area contributed by atoms with Crippen molar-refractivity contribution < 1.29 is 8.78 Å². The van der Waals surface area contributed by atoms with E-state index in [1.807, 2.05) is 31.2 Å². The van der Waals surface area contributed by atoms with E-state index in [2.05, 4.69) is 25.8 Å². The lowest BCUT2D eigenvalue weighted by atomic mass is 10.1. The fourth-order valence-corrected chi connectivity index (χ4v) is 2.05. The van der Waals surface area contributed by atoms with E-state index in [4.69, 9.17) is 0 Å². The minimum atomic E-state index is -0.725. The van der Waals surface area contributed by atoms with Crippen LogP contribution >= 0.6 is 0 Å². The monoisotopic (exact) mass is 327 g/mol. The fourth-order valence-electron chi connectivity index (χ4n) is 2.05. The highest BCUT2D eigenvalue weighted by molar-refractivity contribution is 5.54. The summed E-state index contributed by atoms with van der Waals surface area (Å²) in [6.07, 6.45) is 1.47. The van der Waals surface area contributed by atoms with Crippen LogP contribution in [0, 0.1) is 18.6 Å². The van der Waals surface area contributed by atoms with Gasteiger partial charge in [-0.15, -0.1) is 5.10 Å². The lowest BCUT2D eigenvalue weighted by Crippen LogP contribution is -2.06. The van der Waals surface area contributed by atoms with Gasteiger partial charge in [0, 0.05) is 12.6 Å². The SMILES string of the molecule is Cc1ccc(CNc2cnnc(Nc3ccc(F)cc3F)n2)cc1. The third-order valence-corrected chi connectivity index (χ3v) is 3.33. The van der Waals surface area contributed by atoms with Crippen LogP contribution in [0.1, 0.15) is 11.1 Å². The van der Waals surface area contributed by atoms with Crippen molar-refractivity contribution in [2.45, 2.75) is 13.5 Å². The molecule has 0 fully saturated rings. The molecule has 122 valence electrons. The van der Waals surface area contributed by atoms with Gasteiger partial charge in [0.2, 0.25) is 5.95 Å². The molecule has 24 heavy (non-hydrogen) atoms. The maximum absolute atomic E-state index is 13.6. The Balaban J connectivity index is 1.68. The molecule has 7 heteroatoms. The molecule has 3 aromatic rings. The van der Waals surface area contributed by atoms with Gasteiger partial charge in [-0.3, -0.25) is 0 Å². The zero-order valence-electron chi connectivity index (χ0n) is 12.9. The molecule has 0 aliphatic heterocycles.